The van der Waals surface area contributed by atoms with E-state index in [4.69, 9.17) is 0 Å². The minimum Gasteiger partial charge on any atom is -0.503 e. The first-order valence-electron chi connectivity index (χ1n) is 7.89. The zero-order chi connectivity index (χ0) is 16.2. The van der Waals surface area contributed by atoms with Gasteiger partial charge in [0.05, 0.1) is 5.69 Å². The quantitative estimate of drug-likeness (QED) is 0.876. The molecule has 1 rings (SSSR count). The van der Waals surface area contributed by atoms with Gasteiger partial charge in [-0.15, -0.1) is 0 Å². The van der Waals surface area contributed by atoms with E-state index in [-0.39, 0.29) is 16.7 Å². The zero-order valence-corrected chi connectivity index (χ0v) is 14.4. The van der Waals surface area contributed by atoms with E-state index in [0.717, 1.165) is 37.3 Å². The Hall–Kier alpha value is -1.29. The van der Waals surface area contributed by atoms with Crippen molar-refractivity contribution in [1.82, 2.24) is 9.47 Å². The average Bonchev–Trinajstić information content (AvgIpc) is 2.34. The second kappa shape index (κ2) is 7.12. The van der Waals surface area contributed by atoms with E-state index in [1.54, 1.807) is 0 Å². The molecule has 1 aromatic heterocycles. The highest BCUT2D eigenvalue weighted by Crippen LogP contribution is 2.25. The lowest BCUT2D eigenvalue weighted by molar-refractivity contribution is 0.241. The van der Waals surface area contributed by atoms with Crippen molar-refractivity contribution in [2.45, 2.75) is 66.5 Å². The van der Waals surface area contributed by atoms with Crippen molar-refractivity contribution >= 4 is 0 Å². The summed E-state index contributed by atoms with van der Waals surface area (Å²) in [5, 5.41) is 10.3. The summed E-state index contributed by atoms with van der Waals surface area (Å²) in [5.74, 6) is -0.104. The van der Waals surface area contributed by atoms with Crippen LogP contribution in [0, 0.1) is 6.92 Å². The van der Waals surface area contributed by atoms with Crippen LogP contribution >= 0.6 is 0 Å². The minimum atomic E-state index is -0.282. The van der Waals surface area contributed by atoms with Crippen molar-refractivity contribution in [3.05, 3.63) is 27.7 Å². The zero-order valence-electron chi connectivity index (χ0n) is 14.4. The lowest BCUT2D eigenvalue weighted by Crippen LogP contribution is -2.34. The highest BCUT2D eigenvalue weighted by Gasteiger charge is 2.23. The molecule has 0 spiro atoms. The van der Waals surface area contributed by atoms with E-state index < -0.39 is 0 Å². The largest absolute Gasteiger partial charge is 0.503 e. The van der Waals surface area contributed by atoms with Gasteiger partial charge in [0, 0.05) is 23.8 Å². The predicted molar refractivity (Wildman–Crippen MR) is 88.0 cm³/mol. The van der Waals surface area contributed by atoms with Gasteiger partial charge in [0.2, 0.25) is 5.43 Å². The van der Waals surface area contributed by atoms with Gasteiger partial charge >= 0.3 is 0 Å². The van der Waals surface area contributed by atoms with E-state index >= 15 is 0 Å². The molecule has 0 saturated carbocycles. The van der Waals surface area contributed by atoms with Gasteiger partial charge in [-0.25, -0.2) is 0 Å². The summed E-state index contributed by atoms with van der Waals surface area (Å²) < 4.78 is 2.09. The molecule has 120 valence electrons. The molecule has 4 nitrogen and oxygen atoms in total. The molecule has 1 aromatic rings. The van der Waals surface area contributed by atoms with E-state index in [9.17, 15) is 9.90 Å². The second-order valence-electron chi connectivity index (χ2n) is 6.73. The van der Waals surface area contributed by atoms with Crippen LogP contribution < -0.4 is 5.43 Å². The summed E-state index contributed by atoms with van der Waals surface area (Å²) in [6, 6.07) is 1.52. The van der Waals surface area contributed by atoms with Crippen LogP contribution in [-0.2, 0) is 12.1 Å². The molecule has 0 saturated heterocycles. The van der Waals surface area contributed by atoms with Gasteiger partial charge in [-0.2, -0.15) is 0 Å². The second-order valence-corrected chi connectivity index (χ2v) is 6.73. The topological polar surface area (TPSA) is 45.5 Å². The summed E-state index contributed by atoms with van der Waals surface area (Å²) in [4.78, 5) is 14.3. The Kier molecular flexibility index (Phi) is 6.02. The van der Waals surface area contributed by atoms with Crippen LogP contribution in [0.15, 0.2) is 10.9 Å². The first kappa shape index (κ1) is 17.8. The van der Waals surface area contributed by atoms with Crippen LogP contribution in [0.25, 0.3) is 0 Å². The molecule has 1 N–H and O–H groups in total. The van der Waals surface area contributed by atoms with E-state index in [1.807, 2.05) is 6.92 Å². The third-order valence-corrected chi connectivity index (χ3v) is 3.59. The third kappa shape index (κ3) is 4.34. The van der Waals surface area contributed by atoms with Crippen LogP contribution in [0.2, 0.25) is 0 Å². The highest BCUT2D eigenvalue weighted by molar-refractivity contribution is 5.31. The smallest absolute Gasteiger partial charge is 0.223 e. The molecule has 0 radical (unpaired) electrons. The van der Waals surface area contributed by atoms with Gasteiger partial charge in [0.25, 0.3) is 0 Å². The van der Waals surface area contributed by atoms with Crippen molar-refractivity contribution in [3.8, 4) is 5.75 Å². The molecule has 0 aliphatic heterocycles. The first-order chi connectivity index (χ1) is 9.72. The predicted octanol–water partition coefficient (Wildman–Crippen LogP) is 3.24. The Balaban J connectivity index is 3.35. The Bertz CT molecular complexity index is 521. The monoisotopic (exact) mass is 294 g/mol. The molecule has 0 fully saturated rings. The van der Waals surface area contributed by atoms with Crippen molar-refractivity contribution in [3.63, 3.8) is 0 Å². The van der Waals surface area contributed by atoms with Crippen LogP contribution in [0.1, 0.15) is 58.8 Å². The SMILES string of the molecule is CCCN(CCC)Cc1c(O)c(=O)cc(C)n1C(C)(C)C. The molecular formula is C17H30N2O2. The summed E-state index contributed by atoms with van der Waals surface area (Å²) in [6.07, 6.45) is 2.12. The number of hydrogen-bond acceptors (Lipinski definition) is 3. The van der Waals surface area contributed by atoms with Crippen molar-refractivity contribution in [2.24, 2.45) is 0 Å². The van der Waals surface area contributed by atoms with Gasteiger partial charge in [0.1, 0.15) is 0 Å². The van der Waals surface area contributed by atoms with Gasteiger partial charge < -0.3 is 9.67 Å². The van der Waals surface area contributed by atoms with E-state index in [1.165, 1.54) is 6.07 Å². The maximum absolute atomic E-state index is 12.0. The van der Waals surface area contributed by atoms with Crippen molar-refractivity contribution in [1.29, 1.82) is 0 Å². The molecule has 21 heavy (non-hydrogen) atoms. The number of hydrogen-bond donors (Lipinski definition) is 1. The molecule has 4 heteroatoms. The van der Waals surface area contributed by atoms with Crippen LogP contribution in [0.3, 0.4) is 0 Å². The molecule has 0 atom stereocenters. The van der Waals surface area contributed by atoms with E-state index in [2.05, 4.69) is 44.1 Å². The number of nitrogens with zero attached hydrogens (tertiary/aromatic N) is 2. The maximum atomic E-state index is 12.0. The number of aromatic hydroxyl groups is 1. The van der Waals surface area contributed by atoms with Gasteiger partial charge in [-0.3, -0.25) is 9.69 Å². The van der Waals surface area contributed by atoms with Crippen LogP contribution in [-0.4, -0.2) is 27.7 Å². The highest BCUT2D eigenvalue weighted by atomic mass is 16.3. The summed E-state index contributed by atoms with van der Waals surface area (Å²) in [7, 11) is 0. The first-order valence-corrected chi connectivity index (χ1v) is 7.89. The molecule has 0 aromatic carbocycles. The number of pyridine rings is 1. The molecule has 0 amide bonds. The third-order valence-electron chi connectivity index (χ3n) is 3.59. The molecule has 1 heterocycles. The van der Waals surface area contributed by atoms with Crippen molar-refractivity contribution < 1.29 is 5.11 Å². The Morgan fingerprint density at radius 3 is 2.14 bits per heavy atom. The molecule has 0 unspecified atom stereocenters. The van der Waals surface area contributed by atoms with Gasteiger partial charge in [-0.1, -0.05) is 13.8 Å². The normalized spacial score (nSPS) is 12.1. The molecule has 0 aliphatic rings. The summed E-state index contributed by atoms with van der Waals surface area (Å²) >= 11 is 0. The fourth-order valence-electron chi connectivity index (χ4n) is 2.98. The lowest BCUT2D eigenvalue weighted by atomic mass is 10.0. The van der Waals surface area contributed by atoms with Crippen molar-refractivity contribution in [2.75, 3.05) is 13.1 Å². The van der Waals surface area contributed by atoms with Crippen LogP contribution in [0.4, 0.5) is 0 Å². The minimum absolute atomic E-state index is 0.104. The molecular weight excluding hydrogens is 264 g/mol. The Morgan fingerprint density at radius 1 is 1.19 bits per heavy atom. The molecule has 0 aliphatic carbocycles. The van der Waals surface area contributed by atoms with Gasteiger partial charge in [0.15, 0.2) is 5.75 Å². The van der Waals surface area contributed by atoms with Gasteiger partial charge in [-0.05, 0) is 53.6 Å². The number of aromatic nitrogens is 1. The number of rotatable bonds is 6. The summed E-state index contributed by atoms with van der Waals surface area (Å²) in [5.41, 5.74) is 1.17. The number of aryl methyl sites for hydroxylation is 1. The molecule has 0 bridgehead atoms. The standard InChI is InChI=1S/C17H30N2O2/c1-7-9-18(10-8-2)12-14-16(21)15(20)11-13(3)19(14)17(4,5)6/h11,21H,7-10,12H2,1-6H3. The average molecular weight is 294 g/mol. The summed E-state index contributed by atoms with van der Waals surface area (Å²) in [6.45, 7) is 15.1. The fraction of sp³-hybridized carbons (Fsp3) is 0.706. The van der Waals surface area contributed by atoms with E-state index in [0.29, 0.717) is 6.54 Å². The Morgan fingerprint density at radius 2 is 1.71 bits per heavy atom. The lowest BCUT2D eigenvalue weighted by Gasteiger charge is -2.32. The fourth-order valence-corrected chi connectivity index (χ4v) is 2.98. The van der Waals surface area contributed by atoms with Crippen LogP contribution in [0.5, 0.6) is 5.75 Å². The maximum Gasteiger partial charge on any atom is 0.223 e. The Labute approximate surface area is 128 Å².